The highest BCUT2D eigenvalue weighted by Gasteiger charge is 2.26. The second kappa shape index (κ2) is 4.63. The van der Waals surface area contributed by atoms with Gasteiger partial charge in [-0.3, -0.25) is 4.79 Å². The Balaban J connectivity index is 2.24. The second-order valence-electron chi connectivity index (χ2n) is 4.15. The smallest absolute Gasteiger partial charge is 0.256 e. The summed E-state index contributed by atoms with van der Waals surface area (Å²) in [5.74, 6) is 0.445. The third kappa shape index (κ3) is 2.34. The number of likely N-dealkylation sites (tertiary alicyclic amines) is 1. The Kier molecular flexibility index (Phi) is 3.19. The number of aliphatic hydroxyl groups is 1. The minimum Gasteiger partial charge on any atom is -0.497 e. The van der Waals surface area contributed by atoms with Gasteiger partial charge in [0, 0.05) is 18.8 Å². The Bertz CT molecular complexity index is 434. The molecule has 92 valence electrons. The number of ether oxygens (including phenoxy) is 1. The fourth-order valence-electron chi connectivity index (χ4n) is 1.94. The van der Waals surface area contributed by atoms with E-state index in [-0.39, 0.29) is 5.91 Å². The van der Waals surface area contributed by atoms with Crippen LogP contribution in [0.15, 0.2) is 18.2 Å². The molecule has 0 aliphatic carbocycles. The lowest BCUT2D eigenvalue weighted by molar-refractivity contribution is 0.0765. The number of β-amino-alcohol motifs (C(OH)–C–C–N with tert-alkyl or cyclic N) is 1. The summed E-state index contributed by atoms with van der Waals surface area (Å²) in [5.41, 5.74) is 6.64. The van der Waals surface area contributed by atoms with Crippen molar-refractivity contribution in [3.05, 3.63) is 23.8 Å². The molecular formula is C12H16N2O3. The first-order valence-corrected chi connectivity index (χ1v) is 5.52. The molecule has 1 aromatic carbocycles. The molecule has 5 nitrogen and oxygen atoms in total. The average molecular weight is 236 g/mol. The zero-order valence-electron chi connectivity index (χ0n) is 9.72. The van der Waals surface area contributed by atoms with Crippen LogP contribution >= 0.6 is 0 Å². The van der Waals surface area contributed by atoms with Crippen molar-refractivity contribution in [3.8, 4) is 5.75 Å². The van der Waals surface area contributed by atoms with E-state index in [9.17, 15) is 9.90 Å². The summed E-state index contributed by atoms with van der Waals surface area (Å²) in [4.78, 5) is 13.8. The van der Waals surface area contributed by atoms with Crippen molar-refractivity contribution in [2.75, 3.05) is 25.9 Å². The van der Waals surface area contributed by atoms with Crippen LogP contribution in [0.3, 0.4) is 0 Å². The number of carbonyl (C=O) groups excluding carboxylic acids is 1. The van der Waals surface area contributed by atoms with E-state index in [0.717, 1.165) is 0 Å². The summed E-state index contributed by atoms with van der Waals surface area (Å²) >= 11 is 0. The molecule has 1 fully saturated rings. The molecule has 1 saturated heterocycles. The lowest BCUT2D eigenvalue weighted by Crippen LogP contribution is -2.30. The van der Waals surface area contributed by atoms with Crippen LogP contribution in [-0.4, -0.2) is 42.2 Å². The highest BCUT2D eigenvalue weighted by Crippen LogP contribution is 2.22. The molecule has 1 aromatic rings. The number of benzene rings is 1. The summed E-state index contributed by atoms with van der Waals surface area (Å²) < 4.78 is 5.07. The zero-order chi connectivity index (χ0) is 12.4. The molecule has 1 atom stereocenters. The van der Waals surface area contributed by atoms with Crippen molar-refractivity contribution in [1.82, 2.24) is 4.90 Å². The van der Waals surface area contributed by atoms with Crippen LogP contribution in [0.2, 0.25) is 0 Å². The Labute approximate surface area is 99.8 Å². The molecule has 0 aromatic heterocycles. The maximum Gasteiger partial charge on any atom is 0.256 e. The second-order valence-corrected chi connectivity index (χ2v) is 4.15. The van der Waals surface area contributed by atoms with Gasteiger partial charge in [0.2, 0.25) is 0 Å². The topological polar surface area (TPSA) is 75.8 Å². The molecule has 1 aliphatic rings. The molecule has 2 rings (SSSR count). The van der Waals surface area contributed by atoms with E-state index in [0.29, 0.717) is 36.5 Å². The van der Waals surface area contributed by atoms with E-state index in [1.165, 1.54) is 0 Å². The number of hydrogen-bond acceptors (Lipinski definition) is 4. The van der Waals surface area contributed by atoms with Crippen LogP contribution < -0.4 is 10.5 Å². The van der Waals surface area contributed by atoms with Gasteiger partial charge in [0.05, 0.1) is 18.8 Å². The van der Waals surface area contributed by atoms with Gasteiger partial charge in [-0.1, -0.05) is 0 Å². The summed E-state index contributed by atoms with van der Waals surface area (Å²) in [6, 6.07) is 4.99. The summed E-state index contributed by atoms with van der Waals surface area (Å²) in [6.07, 6.45) is 0.195. The molecule has 0 bridgehead atoms. The third-order valence-corrected chi connectivity index (χ3v) is 2.94. The predicted octanol–water partition coefficient (Wildman–Crippen LogP) is 0.484. The zero-order valence-corrected chi connectivity index (χ0v) is 9.72. The first kappa shape index (κ1) is 11.7. The quantitative estimate of drug-likeness (QED) is 0.732. The molecule has 17 heavy (non-hydrogen) atoms. The van der Waals surface area contributed by atoms with Gasteiger partial charge in [0.25, 0.3) is 5.91 Å². The van der Waals surface area contributed by atoms with Gasteiger partial charge in [0.1, 0.15) is 5.75 Å². The fraction of sp³-hybridized carbons (Fsp3) is 0.417. The summed E-state index contributed by atoms with van der Waals surface area (Å²) in [7, 11) is 1.54. The highest BCUT2D eigenvalue weighted by atomic mass is 16.5. The van der Waals surface area contributed by atoms with Gasteiger partial charge in [-0.25, -0.2) is 0 Å². The van der Waals surface area contributed by atoms with E-state index >= 15 is 0 Å². The number of aliphatic hydroxyl groups excluding tert-OH is 1. The number of nitrogen functional groups attached to an aromatic ring is 1. The van der Waals surface area contributed by atoms with Crippen molar-refractivity contribution >= 4 is 11.6 Å². The molecule has 0 spiro atoms. The Hall–Kier alpha value is -1.75. The van der Waals surface area contributed by atoms with Gasteiger partial charge in [-0.15, -0.1) is 0 Å². The first-order chi connectivity index (χ1) is 8.11. The summed E-state index contributed by atoms with van der Waals surface area (Å²) in [6.45, 7) is 0.937. The molecular weight excluding hydrogens is 220 g/mol. The van der Waals surface area contributed by atoms with E-state index < -0.39 is 6.10 Å². The monoisotopic (exact) mass is 236 g/mol. The van der Waals surface area contributed by atoms with E-state index in [4.69, 9.17) is 10.5 Å². The maximum absolute atomic E-state index is 12.2. The molecule has 1 unspecified atom stereocenters. The molecule has 0 saturated carbocycles. The molecule has 3 N–H and O–H groups in total. The first-order valence-electron chi connectivity index (χ1n) is 5.52. The van der Waals surface area contributed by atoms with E-state index in [1.807, 2.05) is 0 Å². The van der Waals surface area contributed by atoms with Gasteiger partial charge >= 0.3 is 0 Å². The Morgan fingerprint density at radius 3 is 2.94 bits per heavy atom. The van der Waals surface area contributed by atoms with Crippen LogP contribution in [0, 0.1) is 0 Å². The normalized spacial score (nSPS) is 19.4. The van der Waals surface area contributed by atoms with Gasteiger partial charge < -0.3 is 20.5 Å². The predicted molar refractivity (Wildman–Crippen MR) is 63.9 cm³/mol. The minimum absolute atomic E-state index is 0.155. The number of amides is 1. The lowest BCUT2D eigenvalue weighted by Gasteiger charge is -2.17. The van der Waals surface area contributed by atoms with Crippen LogP contribution in [0.4, 0.5) is 5.69 Å². The Morgan fingerprint density at radius 2 is 2.35 bits per heavy atom. The standard InChI is InChI=1S/C12H16N2O3/c1-17-9-2-3-11(13)10(6-9)12(16)14-5-4-8(15)7-14/h2-3,6,8,15H,4-5,7,13H2,1H3. The molecule has 5 heteroatoms. The van der Waals surface area contributed by atoms with Crippen molar-refractivity contribution in [1.29, 1.82) is 0 Å². The van der Waals surface area contributed by atoms with Crippen molar-refractivity contribution < 1.29 is 14.6 Å². The van der Waals surface area contributed by atoms with Crippen LogP contribution in [0.5, 0.6) is 5.75 Å². The number of carbonyl (C=O) groups is 1. The molecule has 0 radical (unpaired) electrons. The SMILES string of the molecule is COc1ccc(N)c(C(=O)N2CCC(O)C2)c1. The van der Waals surface area contributed by atoms with E-state index in [1.54, 1.807) is 30.2 Å². The summed E-state index contributed by atoms with van der Waals surface area (Å²) in [5, 5.41) is 9.42. The van der Waals surface area contributed by atoms with Crippen LogP contribution in [-0.2, 0) is 0 Å². The van der Waals surface area contributed by atoms with Gasteiger partial charge in [-0.05, 0) is 24.6 Å². The third-order valence-electron chi connectivity index (χ3n) is 2.94. The molecule has 1 heterocycles. The average Bonchev–Trinajstić information content (AvgIpc) is 2.76. The number of anilines is 1. The van der Waals surface area contributed by atoms with Crippen LogP contribution in [0.25, 0.3) is 0 Å². The minimum atomic E-state index is -0.425. The van der Waals surface area contributed by atoms with Crippen LogP contribution in [0.1, 0.15) is 16.8 Å². The van der Waals surface area contributed by atoms with E-state index in [2.05, 4.69) is 0 Å². The van der Waals surface area contributed by atoms with Crippen molar-refractivity contribution in [2.45, 2.75) is 12.5 Å². The fourth-order valence-corrected chi connectivity index (χ4v) is 1.94. The highest BCUT2D eigenvalue weighted by molar-refractivity contribution is 5.99. The lowest BCUT2D eigenvalue weighted by atomic mass is 10.1. The maximum atomic E-state index is 12.2. The van der Waals surface area contributed by atoms with Crippen molar-refractivity contribution in [3.63, 3.8) is 0 Å². The molecule has 1 aliphatic heterocycles. The van der Waals surface area contributed by atoms with Gasteiger partial charge in [0.15, 0.2) is 0 Å². The number of nitrogens with zero attached hydrogens (tertiary/aromatic N) is 1. The number of hydrogen-bond donors (Lipinski definition) is 2. The number of rotatable bonds is 2. The van der Waals surface area contributed by atoms with Gasteiger partial charge in [-0.2, -0.15) is 0 Å². The largest absolute Gasteiger partial charge is 0.497 e. The molecule has 1 amide bonds. The number of methoxy groups -OCH3 is 1. The Morgan fingerprint density at radius 1 is 1.59 bits per heavy atom. The number of nitrogens with two attached hydrogens (primary N) is 1. The van der Waals surface area contributed by atoms with Crippen molar-refractivity contribution in [2.24, 2.45) is 0 Å².